The Morgan fingerprint density at radius 3 is 2.83 bits per heavy atom. The lowest BCUT2D eigenvalue weighted by atomic mass is 9.93. The second kappa shape index (κ2) is 6.06. The molecule has 1 unspecified atom stereocenters. The van der Waals surface area contributed by atoms with E-state index < -0.39 is 0 Å². The lowest BCUT2D eigenvalue weighted by Crippen LogP contribution is -2.37. The summed E-state index contributed by atoms with van der Waals surface area (Å²) in [7, 11) is 0. The number of hydrogen-bond donors (Lipinski definition) is 0. The molecule has 0 amide bonds. The topological polar surface area (TPSA) is 3.24 Å². The maximum Gasteiger partial charge on any atom is 0.0704 e. The van der Waals surface area contributed by atoms with E-state index in [1.807, 2.05) is 11.3 Å². The summed E-state index contributed by atoms with van der Waals surface area (Å²) in [5, 5.41) is 0. The van der Waals surface area contributed by atoms with Crippen molar-refractivity contribution in [2.75, 3.05) is 13.1 Å². The smallest absolute Gasteiger partial charge is 0.0704 e. The molecule has 1 atom stereocenters. The summed E-state index contributed by atoms with van der Waals surface area (Å²) < 4.78 is 1.29. The van der Waals surface area contributed by atoms with E-state index in [1.165, 1.54) is 29.1 Å². The first kappa shape index (κ1) is 14.5. The van der Waals surface area contributed by atoms with Crippen LogP contribution in [-0.4, -0.2) is 18.0 Å². The van der Waals surface area contributed by atoms with Gasteiger partial charge < -0.3 is 0 Å². The monoisotopic (exact) mass is 328 g/mol. The molecule has 0 fully saturated rings. The van der Waals surface area contributed by atoms with E-state index in [2.05, 4.69) is 54.6 Å². The molecule has 18 heavy (non-hydrogen) atoms. The Morgan fingerprint density at radius 1 is 1.50 bits per heavy atom. The molecule has 0 aliphatic carbocycles. The fraction of sp³-hybridized carbons (Fsp3) is 0.667. The quantitative estimate of drug-likeness (QED) is 0.745. The Kier molecular flexibility index (Phi) is 4.90. The highest BCUT2D eigenvalue weighted by Gasteiger charge is 2.30. The normalized spacial score (nSPS) is 20.7. The maximum atomic E-state index is 3.65. The summed E-state index contributed by atoms with van der Waals surface area (Å²) in [5.74, 6) is 2.27. The van der Waals surface area contributed by atoms with Crippen molar-refractivity contribution in [2.24, 2.45) is 5.92 Å². The zero-order chi connectivity index (χ0) is 13.3. The lowest BCUT2D eigenvalue weighted by Gasteiger charge is -2.37. The van der Waals surface area contributed by atoms with E-state index in [-0.39, 0.29) is 0 Å². The minimum atomic E-state index is 0.625. The zero-order valence-electron chi connectivity index (χ0n) is 11.8. The van der Waals surface area contributed by atoms with Gasteiger partial charge in [-0.15, -0.1) is 11.3 Å². The largest absolute Gasteiger partial charge is 0.295 e. The van der Waals surface area contributed by atoms with Gasteiger partial charge in [0.05, 0.1) is 3.79 Å². The van der Waals surface area contributed by atoms with Crippen LogP contribution >= 0.6 is 27.3 Å². The number of thiophene rings is 1. The predicted molar refractivity (Wildman–Crippen MR) is 84.1 cm³/mol. The molecule has 1 aromatic rings. The van der Waals surface area contributed by atoms with Gasteiger partial charge in [-0.2, -0.15) is 0 Å². The minimum Gasteiger partial charge on any atom is -0.295 e. The summed E-state index contributed by atoms with van der Waals surface area (Å²) in [6.45, 7) is 11.5. The van der Waals surface area contributed by atoms with E-state index in [1.54, 1.807) is 10.4 Å². The van der Waals surface area contributed by atoms with Crippen molar-refractivity contribution in [3.8, 4) is 0 Å². The van der Waals surface area contributed by atoms with Crippen molar-refractivity contribution in [3.05, 3.63) is 26.2 Å². The molecule has 1 nitrogen and oxygen atoms in total. The fourth-order valence-corrected chi connectivity index (χ4v) is 4.65. The Hall–Kier alpha value is 0.140. The van der Waals surface area contributed by atoms with Crippen LogP contribution in [0.3, 0.4) is 0 Å². The molecular weight excluding hydrogens is 306 g/mol. The number of halogens is 1. The van der Waals surface area contributed by atoms with E-state index in [9.17, 15) is 0 Å². The van der Waals surface area contributed by atoms with Gasteiger partial charge in [0, 0.05) is 24.0 Å². The predicted octanol–water partition coefficient (Wildman–Crippen LogP) is 5.07. The van der Waals surface area contributed by atoms with Gasteiger partial charge in [-0.3, -0.25) is 4.90 Å². The van der Waals surface area contributed by atoms with Gasteiger partial charge in [0.15, 0.2) is 0 Å². The van der Waals surface area contributed by atoms with Gasteiger partial charge in [0.1, 0.15) is 0 Å². The minimum absolute atomic E-state index is 0.625. The molecule has 1 aliphatic rings. The molecular formula is C15H23BrNS. The van der Waals surface area contributed by atoms with Crippen LogP contribution in [0.15, 0.2) is 9.85 Å². The lowest BCUT2D eigenvalue weighted by molar-refractivity contribution is 0.173. The van der Waals surface area contributed by atoms with Crippen LogP contribution < -0.4 is 0 Å². The van der Waals surface area contributed by atoms with E-state index in [0.29, 0.717) is 6.04 Å². The molecule has 0 spiro atoms. The first-order chi connectivity index (χ1) is 8.47. The average molecular weight is 329 g/mol. The molecule has 1 radical (unpaired) electrons. The van der Waals surface area contributed by atoms with Gasteiger partial charge >= 0.3 is 0 Å². The van der Waals surface area contributed by atoms with Crippen molar-refractivity contribution in [1.82, 2.24) is 4.90 Å². The molecule has 0 N–H and O–H groups in total. The Balaban J connectivity index is 2.24. The number of hydrogen-bond acceptors (Lipinski definition) is 2. The molecule has 0 bridgehead atoms. The highest BCUT2D eigenvalue weighted by Crippen LogP contribution is 2.41. The summed E-state index contributed by atoms with van der Waals surface area (Å²) in [6.07, 6.45) is 2.48. The fourth-order valence-electron chi connectivity index (χ4n) is 2.77. The van der Waals surface area contributed by atoms with Gasteiger partial charge in [0.2, 0.25) is 0 Å². The zero-order valence-corrected chi connectivity index (χ0v) is 14.2. The summed E-state index contributed by atoms with van der Waals surface area (Å²) in [6, 6.07) is 2.95. The summed E-state index contributed by atoms with van der Waals surface area (Å²) >= 11 is 5.59. The molecule has 1 aromatic heterocycles. The third kappa shape index (κ3) is 3.37. The molecule has 2 rings (SSSR count). The Morgan fingerprint density at radius 2 is 2.22 bits per heavy atom. The Labute approximate surface area is 124 Å². The molecule has 101 valence electrons. The summed E-state index contributed by atoms with van der Waals surface area (Å²) in [4.78, 5) is 4.27. The molecule has 2 heterocycles. The SMILES string of the molecule is C[C](C)CN1CCc2cc(Br)sc2C1CC(C)C. The van der Waals surface area contributed by atoms with Gasteiger partial charge in [-0.1, -0.05) is 27.7 Å². The first-order valence-electron chi connectivity index (χ1n) is 6.78. The van der Waals surface area contributed by atoms with Crippen LogP contribution in [-0.2, 0) is 6.42 Å². The van der Waals surface area contributed by atoms with E-state index in [0.717, 1.165) is 12.5 Å². The average Bonchev–Trinajstić information content (AvgIpc) is 2.61. The summed E-state index contributed by atoms with van der Waals surface area (Å²) in [5.41, 5.74) is 1.57. The van der Waals surface area contributed by atoms with Gasteiger partial charge in [-0.25, -0.2) is 0 Å². The maximum absolute atomic E-state index is 3.65. The highest BCUT2D eigenvalue weighted by molar-refractivity contribution is 9.11. The van der Waals surface area contributed by atoms with Crippen molar-refractivity contribution >= 4 is 27.3 Å². The number of rotatable bonds is 4. The molecule has 0 aromatic carbocycles. The standard InChI is InChI=1S/C15H23BrNS/c1-10(2)7-13-15-12(8-14(16)18-15)5-6-17(13)9-11(3)4/h8,10,13H,5-7,9H2,1-4H3. The third-order valence-corrected chi connectivity index (χ3v) is 5.22. The van der Waals surface area contributed by atoms with E-state index in [4.69, 9.17) is 0 Å². The first-order valence-corrected chi connectivity index (χ1v) is 8.39. The molecule has 1 aliphatic heterocycles. The third-order valence-electron chi connectivity index (χ3n) is 3.44. The van der Waals surface area contributed by atoms with Crippen molar-refractivity contribution in [3.63, 3.8) is 0 Å². The van der Waals surface area contributed by atoms with Crippen molar-refractivity contribution in [2.45, 2.75) is 46.6 Å². The van der Waals surface area contributed by atoms with Crippen LogP contribution in [0, 0.1) is 11.8 Å². The molecule has 3 heteroatoms. The van der Waals surface area contributed by atoms with Crippen LogP contribution in [0.5, 0.6) is 0 Å². The number of fused-ring (bicyclic) bond motifs is 1. The number of nitrogens with zero attached hydrogens (tertiary/aromatic N) is 1. The second-order valence-corrected chi connectivity index (χ2v) is 8.48. The van der Waals surface area contributed by atoms with Crippen LogP contribution in [0.1, 0.15) is 50.6 Å². The van der Waals surface area contributed by atoms with Crippen molar-refractivity contribution in [1.29, 1.82) is 0 Å². The van der Waals surface area contributed by atoms with Crippen LogP contribution in [0.4, 0.5) is 0 Å². The van der Waals surface area contributed by atoms with Gasteiger partial charge in [0.25, 0.3) is 0 Å². The van der Waals surface area contributed by atoms with E-state index >= 15 is 0 Å². The molecule has 0 saturated carbocycles. The highest BCUT2D eigenvalue weighted by atomic mass is 79.9. The van der Waals surface area contributed by atoms with Crippen LogP contribution in [0.25, 0.3) is 0 Å². The van der Waals surface area contributed by atoms with Crippen molar-refractivity contribution < 1.29 is 0 Å². The van der Waals surface area contributed by atoms with Crippen LogP contribution in [0.2, 0.25) is 0 Å². The van der Waals surface area contributed by atoms with Gasteiger partial charge in [-0.05, 0) is 52.2 Å². The molecule has 0 saturated heterocycles. The second-order valence-electron chi connectivity index (χ2n) is 6.01. The Bertz CT molecular complexity index is 397.